The van der Waals surface area contributed by atoms with E-state index in [4.69, 9.17) is 0 Å². The first-order valence-electron chi connectivity index (χ1n) is 9.28. The van der Waals surface area contributed by atoms with E-state index in [1.165, 1.54) is 15.6 Å². The maximum Gasteiger partial charge on any atom is 0.317 e. The molecule has 1 N–H and O–H groups in total. The van der Waals surface area contributed by atoms with Crippen molar-refractivity contribution in [3.63, 3.8) is 0 Å². The molecular weight excluding hydrogens is 352 g/mol. The van der Waals surface area contributed by atoms with Gasteiger partial charge in [0.25, 0.3) is 0 Å². The SMILES string of the molecule is Cc1ccccc1N1CCN(C(=O)NCCS(=O)(=O)N2CCCC2)CC1. The van der Waals surface area contributed by atoms with E-state index < -0.39 is 10.0 Å². The summed E-state index contributed by atoms with van der Waals surface area (Å²) in [5.74, 6) is -0.0259. The molecule has 0 atom stereocenters. The van der Waals surface area contributed by atoms with Gasteiger partial charge >= 0.3 is 6.03 Å². The Kier molecular flexibility index (Phi) is 6.03. The Morgan fingerprint density at radius 1 is 1.04 bits per heavy atom. The molecule has 3 rings (SSSR count). The average molecular weight is 381 g/mol. The van der Waals surface area contributed by atoms with Crippen LogP contribution in [0, 0.1) is 6.92 Å². The van der Waals surface area contributed by atoms with Crippen molar-refractivity contribution >= 4 is 21.7 Å². The number of aryl methyl sites for hydroxylation is 1. The molecule has 0 saturated carbocycles. The minimum Gasteiger partial charge on any atom is -0.368 e. The summed E-state index contributed by atoms with van der Waals surface area (Å²) in [6.07, 6.45) is 1.85. The van der Waals surface area contributed by atoms with E-state index in [1.54, 1.807) is 4.90 Å². The summed E-state index contributed by atoms with van der Waals surface area (Å²) in [6.45, 7) is 6.31. The first kappa shape index (κ1) is 19.0. The molecule has 144 valence electrons. The predicted molar refractivity (Wildman–Crippen MR) is 103 cm³/mol. The van der Waals surface area contributed by atoms with Gasteiger partial charge in [0.1, 0.15) is 0 Å². The first-order chi connectivity index (χ1) is 12.5. The predicted octanol–water partition coefficient (Wildman–Crippen LogP) is 1.25. The van der Waals surface area contributed by atoms with Gasteiger partial charge in [-0.15, -0.1) is 0 Å². The van der Waals surface area contributed by atoms with Gasteiger partial charge in [0.15, 0.2) is 0 Å². The monoisotopic (exact) mass is 380 g/mol. The van der Waals surface area contributed by atoms with E-state index in [0.717, 1.165) is 25.9 Å². The van der Waals surface area contributed by atoms with Crippen LogP contribution in [-0.2, 0) is 10.0 Å². The van der Waals surface area contributed by atoms with Gasteiger partial charge in [-0.1, -0.05) is 18.2 Å². The summed E-state index contributed by atoms with van der Waals surface area (Å²) in [5, 5.41) is 2.76. The van der Waals surface area contributed by atoms with Crippen molar-refractivity contribution in [2.45, 2.75) is 19.8 Å². The third-order valence-electron chi connectivity index (χ3n) is 5.12. The van der Waals surface area contributed by atoms with Gasteiger partial charge in [-0.2, -0.15) is 0 Å². The Bertz CT molecular complexity index is 724. The van der Waals surface area contributed by atoms with Crippen LogP contribution in [0.25, 0.3) is 0 Å². The number of benzene rings is 1. The standard InChI is InChI=1S/C18H28N4O3S/c1-16-6-2-3-7-17(16)20-11-13-21(14-12-20)18(23)19-8-15-26(24,25)22-9-4-5-10-22/h2-3,6-7H,4-5,8-15H2,1H3,(H,19,23). The Morgan fingerprint density at radius 2 is 1.69 bits per heavy atom. The lowest BCUT2D eigenvalue weighted by Gasteiger charge is -2.36. The molecular formula is C18H28N4O3S. The molecule has 2 heterocycles. The van der Waals surface area contributed by atoms with E-state index in [9.17, 15) is 13.2 Å². The summed E-state index contributed by atoms with van der Waals surface area (Å²) in [5.41, 5.74) is 2.45. The van der Waals surface area contributed by atoms with Crippen LogP contribution >= 0.6 is 0 Å². The van der Waals surface area contributed by atoms with E-state index in [0.29, 0.717) is 26.2 Å². The quantitative estimate of drug-likeness (QED) is 0.835. The maximum absolute atomic E-state index is 12.3. The van der Waals surface area contributed by atoms with E-state index in [2.05, 4.69) is 29.3 Å². The van der Waals surface area contributed by atoms with Crippen molar-refractivity contribution in [1.29, 1.82) is 0 Å². The van der Waals surface area contributed by atoms with E-state index in [-0.39, 0.29) is 18.3 Å². The largest absolute Gasteiger partial charge is 0.368 e. The fraction of sp³-hybridized carbons (Fsp3) is 0.611. The van der Waals surface area contributed by atoms with Crippen molar-refractivity contribution in [3.8, 4) is 0 Å². The van der Waals surface area contributed by atoms with Crippen molar-refractivity contribution < 1.29 is 13.2 Å². The van der Waals surface area contributed by atoms with Gasteiger partial charge in [-0.25, -0.2) is 17.5 Å². The molecule has 26 heavy (non-hydrogen) atoms. The maximum atomic E-state index is 12.3. The Morgan fingerprint density at radius 3 is 2.35 bits per heavy atom. The van der Waals surface area contributed by atoms with Gasteiger partial charge < -0.3 is 15.1 Å². The number of hydrogen-bond donors (Lipinski definition) is 1. The van der Waals surface area contributed by atoms with Gasteiger partial charge in [-0.3, -0.25) is 0 Å². The number of nitrogens with one attached hydrogen (secondary N) is 1. The van der Waals surface area contributed by atoms with E-state index >= 15 is 0 Å². The number of urea groups is 1. The summed E-state index contributed by atoms with van der Waals surface area (Å²) in [7, 11) is -3.24. The summed E-state index contributed by atoms with van der Waals surface area (Å²) >= 11 is 0. The normalized spacial score (nSPS) is 19.0. The highest BCUT2D eigenvalue weighted by atomic mass is 32.2. The molecule has 8 heteroatoms. The molecule has 2 amide bonds. The molecule has 1 aromatic rings. The van der Waals surface area contributed by atoms with Crippen LogP contribution < -0.4 is 10.2 Å². The molecule has 2 fully saturated rings. The van der Waals surface area contributed by atoms with Crippen LogP contribution in [0.2, 0.25) is 0 Å². The fourth-order valence-corrected chi connectivity index (χ4v) is 5.00. The molecule has 0 unspecified atom stereocenters. The van der Waals surface area contributed by atoms with Gasteiger partial charge in [0.05, 0.1) is 5.75 Å². The molecule has 2 saturated heterocycles. The van der Waals surface area contributed by atoms with Gasteiger partial charge in [0.2, 0.25) is 10.0 Å². The van der Waals surface area contributed by atoms with Crippen molar-refractivity contribution in [2.75, 3.05) is 56.5 Å². The number of sulfonamides is 1. The summed E-state index contributed by atoms with van der Waals surface area (Å²) in [4.78, 5) is 16.4. The highest BCUT2D eigenvalue weighted by Crippen LogP contribution is 2.20. The number of nitrogens with zero attached hydrogens (tertiary/aromatic N) is 3. The number of carbonyl (C=O) groups is 1. The second-order valence-electron chi connectivity index (χ2n) is 6.91. The van der Waals surface area contributed by atoms with Crippen LogP contribution in [-0.4, -0.2) is 75.2 Å². The molecule has 7 nitrogen and oxygen atoms in total. The minimum atomic E-state index is -3.24. The minimum absolute atomic E-state index is 0.0259. The van der Waals surface area contributed by atoms with Crippen molar-refractivity contribution in [1.82, 2.24) is 14.5 Å². The highest BCUT2D eigenvalue weighted by molar-refractivity contribution is 7.89. The Hall–Kier alpha value is -1.80. The van der Waals surface area contributed by atoms with Crippen LogP contribution in [0.5, 0.6) is 0 Å². The lowest BCUT2D eigenvalue weighted by molar-refractivity contribution is 0.195. The number of carbonyl (C=O) groups excluding carboxylic acids is 1. The van der Waals surface area contributed by atoms with Crippen LogP contribution in [0.4, 0.5) is 10.5 Å². The Labute approximate surface area is 156 Å². The van der Waals surface area contributed by atoms with Crippen LogP contribution in [0.3, 0.4) is 0 Å². The van der Waals surface area contributed by atoms with Crippen molar-refractivity contribution in [2.24, 2.45) is 0 Å². The second kappa shape index (κ2) is 8.26. The van der Waals surface area contributed by atoms with E-state index in [1.807, 2.05) is 12.1 Å². The van der Waals surface area contributed by atoms with Crippen LogP contribution in [0.1, 0.15) is 18.4 Å². The second-order valence-corrected chi connectivity index (χ2v) is 9.00. The molecule has 0 radical (unpaired) electrons. The topological polar surface area (TPSA) is 73.0 Å². The van der Waals surface area contributed by atoms with Gasteiger partial charge in [0, 0.05) is 51.5 Å². The zero-order valence-corrected chi connectivity index (χ0v) is 16.2. The molecule has 0 spiro atoms. The van der Waals surface area contributed by atoms with Gasteiger partial charge in [-0.05, 0) is 31.4 Å². The van der Waals surface area contributed by atoms with Crippen LogP contribution in [0.15, 0.2) is 24.3 Å². The number of rotatable bonds is 5. The highest BCUT2D eigenvalue weighted by Gasteiger charge is 2.26. The lowest BCUT2D eigenvalue weighted by Crippen LogP contribution is -2.52. The molecule has 2 aliphatic heterocycles. The first-order valence-corrected chi connectivity index (χ1v) is 10.9. The third-order valence-corrected chi connectivity index (χ3v) is 6.99. The fourth-order valence-electron chi connectivity index (χ4n) is 3.56. The number of para-hydroxylation sites is 1. The molecule has 0 bridgehead atoms. The zero-order valence-electron chi connectivity index (χ0n) is 15.4. The summed E-state index contributed by atoms with van der Waals surface area (Å²) in [6, 6.07) is 8.08. The summed E-state index contributed by atoms with van der Waals surface area (Å²) < 4.78 is 25.9. The molecule has 0 aliphatic carbocycles. The zero-order chi connectivity index (χ0) is 18.6. The molecule has 0 aromatic heterocycles. The number of hydrogen-bond acceptors (Lipinski definition) is 4. The molecule has 2 aliphatic rings. The number of anilines is 1. The third kappa shape index (κ3) is 4.48. The lowest BCUT2D eigenvalue weighted by atomic mass is 10.1. The van der Waals surface area contributed by atoms with Crippen molar-refractivity contribution in [3.05, 3.63) is 29.8 Å². The number of piperazine rings is 1. The smallest absolute Gasteiger partial charge is 0.317 e. The molecule has 1 aromatic carbocycles. The average Bonchev–Trinajstić information content (AvgIpc) is 3.18. The Balaban J connectivity index is 1.43. The number of amides is 2.